The van der Waals surface area contributed by atoms with Gasteiger partial charge in [-0.15, -0.1) is 0 Å². The van der Waals surface area contributed by atoms with Crippen LogP contribution >= 0.6 is 0 Å². The SMILES string of the molecule is BC1=C(NCCCCCCCC)CNN(CC(=O)NCC2=CCNCC2)C1=O. The lowest BCUT2D eigenvalue weighted by Gasteiger charge is -2.30. The molecule has 0 aromatic heterocycles. The first-order valence-corrected chi connectivity index (χ1v) is 10.8. The maximum absolute atomic E-state index is 12.6. The largest absolute Gasteiger partial charge is 0.388 e. The minimum Gasteiger partial charge on any atom is -0.388 e. The molecular weight excluding hydrogens is 353 g/mol. The second-order valence-electron chi connectivity index (χ2n) is 7.62. The summed E-state index contributed by atoms with van der Waals surface area (Å²) < 4.78 is 0. The predicted molar refractivity (Wildman–Crippen MR) is 115 cm³/mol. The summed E-state index contributed by atoms with van der Waals surface area (Å²) in [5.41, 5.74) is 5.94. The highest BCUT2D eigenvalue weighted by Crippen LogP contribution is 2.09. The summed E-state index contributed by atoms with van der Waals surface area (Å²) in [6.45, 7) is 6.07. The van der Waals surface area contributed by atoms with Crippen molar-refractivity contribution >= 4 is 19.7 Å². The molecule has 0 aromatic carbocycles. The Morgan fingerprint density at radius 2 is 2.04 bits per heavy atom. The van der Waals surface area contributed by atoms with Gasteiger partial charge in [-0.05, 0) is 24.9 Å². The van der Waals surface area contributed by atoms with Crippen molar-refractivity contribution in [1.82, 2.24) is 26.4 Å². The monoisotopic (exact) mass is 389 g/mol. The molecule has 0 saturated carbocycles. The topological polar surface area (TPSA) is 85.5 Å². The van der Waals surface area contributed by atoms with Crippen molar-refractivity contribution in [3.05, 3.63) is 22.8 Å². The van der Waals surface area contributed by atoms with Crippen molar-refractivity contribution < 1.29 is 9.59 Å². The van der Waals surface area contributed by atoms with Crippen molar-refractivity contribution in [2.24, 2.45) is 0 Å². The van der Waals surface area contributed by atoms with Crippen molar-refractivity contribution in [3.8, 4) is 0 Å². The Labute approximate surface area is 170 Å². The highest BCUT2D eigenvalue weighted by atomic mass is 16.2. The minimum atomic E-state index is -0.142. The quantitative estimate of drug-likeness (QED) is 0.217. The van der Waals surface area contributed by atoms with Crippen LogP contribution in [0.5, 0.6) is 0 Å². The molecule has 156 valence electrons. The number of carbonyl (C=O) groups excluding carboxylic acids is 2. The average Bonchev–Trinajstić information content (AvgIpc) is 2.71. The van der Waals surface area contributed by atoms with Crippen LogP contribution in [-0.4, -0.2) is 63.9 Å². The normalized spacial score (nSPS) is 17.5. The van der Waals surface area contributed by atoms with E-state index in [0.717, 1.165) is 38.2 Å². The first-order valence-electron chi connectivity index (χ1n) is 10.8. The van der Waals surface area contributed by atoms with E-state index in [4.69, 9.17) is 0 Å². The number of nitrogens with one attached hydrogen (secondary N) is 4. The van der Waals surface area contributed by atoms with Gasteiger partial charge in [0.1, 0.15) is 14.4 Å². The number of rotatable bonds is 12. The average molecular weight is 389 g/mol. The number of hydrogen-bond donors (Lipinski definition) is 4. The number of hydrogen-bond acceptors (Lipinski definition) is 5. The Balaban J connectivity index is 1.68. The van der Waals surface area contributed by atoms with Crippen LogP contribution in [0.15, 0.2) is 22.8 Å². The molecule has 0 aliphatic carbocycles. The molecule has 7 nitrogen and oxygen atoms in total. The number of amides is 2. The molecular formula is C20H36BN5O2. The van der Waals surface area contributed by atoms with Gasteiger partial charge in [-0.25, -0.2) is 5.43 Å². The summed E-state index contributed by atoms with van der Waals surface area (Å²) in [5, 5.41) is 11.0. The minimum absolute atomic E-state index is 0.0341. The Kier molecular flexibility index (Phi) is 10.1. The summed E-state index contributed by atoms with van der Waals surface area (Å²) in [7, 11) is 1.83. The van der Waals surface area contributed by atoms with Gasteiger partial charge in [-0.1, -0.05) is 50.7 Å². The van der Waals surface area contributed by atoms with Crippen LogP contribution in [0.25, 0.3) is 0 Å². The number of nitrogens with zero attached hydrogens (tertiary/aromatic N) is 1. The number of hydrazine groups is 1. The summed E-state index contributed by atoms with van der Waals surface area (Å²) >= 11 is 0. The fourth-order valence-electron chi connectivity index (χ4n) is 3.42. The summed E-state index contributed by atoms with van der Waals surface area (Å²) in [6.07, 6.45) is 10.6. The molecule has 2 heterocycles. The van der Waals surface area contributed by atoms with Crippen molar-refractivity contribution in [1.29, 1.82) is 0 Å². The second kappa shape index (κ2) is 12.6. The van der Waals surface area contributed by atoms with Crippen molar-refractivity contribution in [2.75, 3.05) is 39.3 Å². The third-order valence-corrected chi connectivity index (χ3v) is 5.31. The molecule has 0 fully saturated rings. The second-order valence-corrected chi connectivity index (χ2v) is 7.62. The molecule has 0 radical (unpaired) electrons. The smallest absolute Gasteiger partial charge is 0.256 e. The van der Waals surface area contributed by atoms with Crippen LogP contribution in [0.2, 0.25) is 0 Å². The summed E-state index contributed by atoms with van der Waals surface area (Å²) in [6, 6.07) is 0. The molecule has 0 spiro atoms. The van der Waals surface area contributed by atoms with E-state index < -0.39 is 0 Å². The molecule has 8 heteroatoms. The zero-order valence-electron chi connectivity index (χ0n) is 17.5. The van der Waals surface area contributed by atoms with E-state index in [0.29, 0.717) is 18.6 Å². The molecule has 0 unspecified atom stereocenters. The van der Waals surface area contributed by atoms with Gasteiger partial charge in [0, 0.05) is 25.3 Å². The van der Waals surface area contributed by atoms with Gasteiger partial charge in [-0.2, -0.15) is 0 Å². The van der Waals surface area contributed by atoms with Crippen molar-refractivity contribution in [2.45, 2.75) is 51.9 Å². The Bertz CT molecular complexity index is 591. The first-order chi connectivity index (χ1) is 13.6. The molecule has 2 aliphatic rings. The molecule has 0 saturated heterocycles. The predicted octanol–water partition coefficient (Wildman–Crippen LogP) is 0.164. The number of carbonyl (C=O) groups is 2. The zero-order valence-corrected chi connectivity index (χ0v) is 17.5. The molecule has 2 rings (SSSR count). The Morgan fingerprint density at radius 3 is 2.79 bits per heavy atom. The van der Waals surface area contributed by atoms with E-state index >= 15 is 0 Å². The molecule has 2 amide bonds. The van der Waals surface area contributed by atoms with Crippen LogP contribution in [0.4, 0.5) is 0 Å². The molecule has 0 atom stereocenters. The lowest BCUT2D eigenvalue weighted by molar-refractivity contribution is -0.136. The van der Waals surface area contributed by atoms with E-state index in [2.05, 4.69) is 34.4 Å². The molecule has 4 N–H and O–H groups in total. The summed E-state index contributed by atoms with van der Waals surface area (Å²) in [5.74, 6) is -0.274. The van der Waals surface area contributed by atoms with Gasteiger partial charge >= 0.3 is 0 Å². The Hall–Kier alpha value is -1.80. The molecule has 0 aromatic rings. The first kappa shape index (κ1) is 22.5. The third kappa shape index (κ3) is 7.68. The highest BCUT2D eigenvalue weighted by molar-refractivity contribution is 6.37. The maximum atomic E-state index is 12.6. The van der Waals surface area contributed by atoms with Crippen LogP contribution < -0.4 is 21.4 Å². The highest BCUT2D eigenvalue weighted by Gasteiger charge is 2.25. The molecule has 2 aliphatic heterocycles. The lowest BCUT2D eigenvalue weighted by atomic mass is 9.90. The van der Waals surface area contributed by atoms with Gasteiger partial charge in [-0.3, -0.25) is 14.6 Å². The third-order valence-electron chi connectivity index (χ3n) is 5.31. The standard InChI is InChI=1S/C20H36BN5O2/c1-2-3-4-5-6-7-10-23-17-14-25-26(20(28)19(17)21)15-18(27)24-13-16-8-11-22-12-9-16/h8,22-23,25H,2-7,9-15,21H2,1H3,(H,24,27). The van der Waals surface area contributed by atoms with Gasteiger partial charge in [0.25, 0.3) is 5.91 Å². The van der Waals surface area contributed by atoms with E-state index in [-0.39, 0.29) is 18.4 Å². The van der Waals surface area contributed by atoms with Gasteiger partial charge < -0.3 is 16.0 Å². The maximum Gasteiger partial charge on any atom is 0.256 e. The Morgan fingerprint density at radius 1 is 1.25 bits per heavy atom. The van der Waals surface area contributed by atoms with Crippen LogP contribution in [0.1, 0.15) is 51.9 Å². The van der Waals surface area contributed by atoms with Gasteiger partial charge in [0.2, 0.25) is 5.91 Å². The lowest BCUT2D eigenvalue weighted by Crippen LogP contribution is -2.54. The fraction of sp³-hybridized carbons (Fsp3) is 0.700. The van der Waals surface area contributed by atoms with Crippen molar-refractivity contribution in [3.63, 3.8) is 0 Å². The fourth-order valence-corrected chi connectivity index (χ4v) is 3.42. The van der Waals surface area contributed by atoms with Crippen LogP contribution in [0, 0.1) is 0 Å². The van der Waals surface area contributed by atoms with E-state index in [1.54, 1.807) is 0 Å². The molecule has 28 heavy (non-hydrogen) atoms. The molecule has 0 bridgehead atoms. The van der Waals surface area contributed by atoms with Gasteiger partial charge in [0.05, 0.1) is 6.54 Å². The van der Waals surface area contributed by atoms with E-state index in [1.807, 2.05) is 7.85 Å². The van der Waals surface area contributed by atoms with Crippen LogP contribution in [-0.2, 0) is 9.59 Å². The zero-order chi connectivity index (χ0) is 20.2. The van der Waals surface area contributed by atoms with Crippen LogP contribution in [0.3, 0.4) is 0 Å². The van der Waals surface area contributed by atoms with Gasteiger partial charge in [0.15, 0.2) is 0 Å². The summed E-state index contributed by atoms with van der Waals surface area (Å²) in [4.78, 5) is 24.7. The van der Waals surface area contributed by atoms with E-state index in [1.165, 1.54) is 42.7 Å². The number of unbranched alkanes of at least 4 members (excludes halogenated alkanes) is 5. The van der Waals surface area contributed by atoms with E-state index in [9.17, 15) is 9.59 Å².